The van der Waals surface area contributed by atoms with Crippen molar-refractivity contribution < 1.29 is 18.7 Å². The third-order valence-corrected chi connectivity index (χ3v) is 3.98. The first-order chi connectivity index (χ1) is 11.2. The fourth-order valence-corrected chi connectivity index (χ4v) is 2.52. The summed E-state index contributed by atoms with van der Waals surface area (Å²) >= 11 is 0. The van der Waals surface area contributed by atoms with E-state index < -0.39 is 0 Å². The first kappa shape index (κ1) is 19.5. The van der Waals surface area contributed by atoms with Crippen LogP contribution in [0.3, 0.4) is 0 Å². The van der Waals surface area contributed by atoms with Gasteiger partial charge in [-0.15, -0.1) is 0 Å². The van der Waals surface area contributed by atoms with Crippen LogP contribution < -0.4 is 0 Å². The number of ether oxygens (including phenoxy) is 1. The molecule has 1 heterocycles. The highest BCUT2D eigenvalue weighted by atomic mass is 16.5. The lowest BCUT2D eigenvalue weighted by molar-refractivity contribution is -0.140. The molecule has 4 heteroatoms. The number of hydrogen-bond acceptors (Lipinski definition) is 4. The Hall–Kier alpha value is -1.58. The van der Waals surface area contributed by atoms with Gasteiger partial charge < -0.3 is 9.15 Å². The molecule has 130 valence electrons. The molecule has 1 aromatic rings. The van der Waals surface area contributed by atoms with Crippen molar-refractivity contribution >= 4 is 11.8 Å². The van der Waals surface area contributed by atoms with Gasteiger partial charge in [0.15, 0.2) is 11.5 Å². The molecule has 0 radical (unpaired) electrons. The van der Waals surface area contributed by atoms with Crippen LogP contribution in [-0.2, 0) is 16.0 Å². The summed E-state index contributed by atoms with van der Waals surface area (Å²) < 4.78 is 10.2. The van der Waals surface area contributed by atoms with E-state index in [4.69, 9.17) is 4.42 Å². The third kappa shape index (κ3) is 8.58. The summed E-state index contributed by atoms with van der Waals surface area (Å²) in [6, 6.07) is 3.73. The van der Waals surface area contributed by atoms with Gasteiger partial charge in [0.1, 0.15) is 5.76 Å². The Balaban J connectivity index is 2.15. The first-order valence-electron chi connectivity index (χ1n) is 8.86. The van der Waals surface area contributed by atoms with E-state index in [2.05, 4.69) is 11.7 Å². The van der Waals surface area contributed by atoms with Crippen molar-refractivity contribution in [2.75, 3.05) is 7.11 Å². The van der Waals surface area contributed by atoms with E-state index in [9.17, 15) is 9.59 Å². The molecule has 0 saturated carbocycles. The Kier molecular flexibility index (Phi) is 10.1. The number of Topliss-reactive ketones (excluding diaryl/α,β-unsaturated/α-hetero) is 1. The maximum atomic E-state index is 12.1. The van der Waals surface area contributed by atoms with Gasteiger partial charge in [0.2, 0.25) is 0 Å². The summed E-state index contributed by atoms with van der Waals surface area (Å²) in [5, 5.41) is 0. The van der Waals surface area contributed by atoms with Crippen LogP contribution in [0.1, 0.15) is 87.4 Å². The van der Waals surface area contributed by atoms with E-state index in [0.29, 0.717) is 18.6 Å². The summed E-state index contributed by atoms with van der Waals surface area (Å²) in [6.45, 7) is 2.19. The number of unbranched alkanes of at least 4 members (excludes halogenated alkanes) is 6. The minimum Gasteiger partial charge on any atom is -0.469 e. The van der Waals surface area contributed by atoms with Crippen LogP contribution in [0.15, 0.2) is 16.5 Å². The van der Waals surface area contributed by atoms with Crippen LogP contribution in [0.5, 0.6) is 0 Å². The molecule has 1 aromatic heterocycles. The highest BCUT2D eigenvalue weighted by Crippen LogP contribution is 2.15. The Bertz CT molecular complexity index is 462. The van der Waals surface area contributed by atoms with Crippen LogP contribution in [0, 0.1) is 0 Å². The van der Waals surface area contributed by atoms with Crippen LogP contribution in [-0.4, -0.2) is 18.9 Å². The Morgan fingerprint density at radius 3 is 2.35 bits per heavy atom. The lowest BCUT2D eigenvalue weighted by Crippen LogP contribution is -2.00. The number of furan rings is 1. The number of rotatable bonds is 13. The van der Waals surface area contributed by atoms with E-state index in [1.165, 1.54) is 26.4 Å². The van der Waals surface area contributed by atoms with Crippen molar-refractivity contribution in [1.82, 2.24) is 0 Å². The average Bonchev–Trinajstić information content (AvgIpc) is 3.03. The van der Waals surface area contributed by atoms with Gasteiger partial charge >= 0.3 is 5.97 Å². The van der Waals surface area contributed by atoms with Crippen molar-refractivity contribution in [3.05, 3.63) is 23.7 Å². The molecule has 0 bridgehead atoms. The van der Waals surface area contributed by atoms with Gasteiger partial charge in [0.05, 0.1) is 7.11 Å². The Morgan fingerprint density at radius 2 is 1.65 bits per heavy atom. The number of carbonyl (C=O) groups excluding carboxylic acids is 2. The van der Waals surface area contributed by atoms with Crippen LogP contribution in [0.4, 0.5) is 0 Å². The zero-order chi connectivity index (χ0) is 16.9. The van der Waals surface area contributed by atoms with Crippen LogP contribution in [0.25, 0.3) is 0 Å². The number of esters is 1. The molecule has 0 unspecified atom stereocenters. The summed E-state index contributed by atoms with van der Waals surface area (Å²) in [5.74, 6) is 1.33. The standard InChI is InChI=1S/C19H30O4/c1-3-4-5-8-11-16-14-15-18(23-16)17(20)12-9-6-7-10-13-19(21)22-2/h14-15H,3-13H2,1-2H3. The van der Waals surface area contributed by atoms with Crippen LogP contribution in [0.2, 0.25) is 0 Å². The van der Waals surface area contributed by atoms with Crippen molar-refractivity contribution in [2.24, 2.45) is 0 Å². The molecule has 0 amide bonds. The molecule has 0 fully saturated rings. The molecule has 0 saturated heterocycles. The predicted molar refractivity (Wildman–Crippen MR) is 90.6 cm³/mol. The lowest BCUT2D eigenvalue weighted by atomic mass is 10.1. The van der Waals surface area contributed by atoms with Crippen molar-refractivity contribution in [1.29, 1.82) is 0 Å². The van der Waals surface area contributed by atoms with E-state index >= 15 is 0 Å². The highest BCUT2D eigenvalue weighted by molar-refractivity contribution is 5.93. The smallest absolute Gasteiger partial charge is 0.305 e. The summed E-state index contributed by atoms with van der Waals surface area (Å²) in [7, 11) is 1.41. The van der Waals surface area contributed by atoms with E-state index in [1.54, 1.807) is 6.07 Å². The maximum Gasteiger partial charge on any atom is 0.305 e. The van der Waals surface area contributed by atoms with Gasteiger partial charge in [0, 0.05) is 19.3 Å². The zero-order valence-corrected chi connectivity index (χ0v) is 14.6. The topological polar surface area (TPSA) is 56.5 Å². The SMILES string of the molecule is CCCCCCc1ccc(C(=O)CCCCCCC(=O)OC)o1. The van der Waals surface area contributed by atoms with Crippen molar-refractivity contribution in [3.63, 3.8) is 0 Å². The second-order valence-corrected chi connectivity index (χ2v) is 5.99. The fraction of sp³-hybridized carbons (Fsp3) is 0.684. The molecule has 0 aliphatic heterocycles. The molecule has 4 nitrogen and oxygen atoms in total. The van der Waals surface area contributed by atoms with Gasteiger partial charge in [-0.1, -0.05) is 39.0 Å². The molecule has 0 aliphatic carbocycles. The fourth-order valence-electron chi connectivity index (χ4n) is 2.52. The Labute approximate surface area is 139 Å². The van der Waals surface area contributed by atoms with Gasteiger partial charge in [-0.25, -0.2) is 0 Å². The van der Waals surface area contributed by atoms with Gasteiger partial charge in [-0.2, -0.15) is 0 Å². The molecule has 23 heavy (non-hydrogen) atoms. The number of hydrogen-bond donors (Lipinski definition) is 0. The first-order valence-corrected chi connectivity index (χ1v) is 8.86. The molecule has 1 rings (SSSR count). The largest absolute Gasteiger partial charge is 0.469 e. The zero-order valence-electron chi connectivity index (χ0n) is 14.6. The third-order valence-electron chi connectivity index (χ3n) is 3.98. The summed E-state index contributed by atoms with van der Waals surface area (Å²) in [4.78, 5) is 23.0. The van der Waals surface area contributed by atoms with Crippen molar-refractivity contribution in [3.8, 4) is 0 Å². The normalized spacial score (nSPS) is 10.7. The molecule has 0 spiro atoms. The van der Waals surface area contributed by atoms with Crippen LogP contribution >= 0.6 is 0 Å². The molecule has 0 aliphatic rings. The van der Waals surface area contributed by atoms with Gasteiger partial charge in [0.25, 0.3) is 0 Å². The highest BCUT2D eigenvalue weighted by Gasteiger charge is 2.11. The second kappa shape index (κ2) is 11.9. The number of methoxy groups -OCH3 is 1. The minimum atomic E-state index is -0.164. The molecule has 0 aromatic carbocycles. The van der Waals surface area contributed by atoms with E-state index in [-0.39, 0.29) is 11.8 Å². The average molecular weight is 322 g/mol. The van der Waals surface area contributed by atoms with Gasteiger partial charge in [-0.3, -0.25) is 9.59 Å². The Morgan fingerprint density at radius 1 is 0.957 bits per heavy atom. The van der Waals surface area contributed by atoms with Gasteiger partial charge in [-0.05, 0) is 31.4 Å². The molecular weight excluding hydrogens is 292 g/mol. The minimum absolute atomic E-state index is 0.0813. The number of aryl methyl sites for hydroxylation is 1. The van der Waals surface area contributed by atoms with Crippen molar-refractivity contribution in [2.45, 2.75) is 77.6 Å². The second-order valence-electron chi connectivity index (χ2n) is 5.99. The maximum absolute atomic E-state index is 12.1. The van der Waals surface area contributed by atoms with E-state index in [1.807, 2.05) is 6.07 Å². The van der Waals surface area contributed by atoms with E-state index in [0.717, 1.165) is 44.3 Å². The predicted octanol–water partition coefficient (Wildman–Crippen LogP) is 5.10. The molecule has 0 N–H and O–H groups in total. The summed E-state index contributed by atoms with van der Waals surface area (Å²) in [5.41, 5.74) is 0. The monoisotopic (exact) mass is 322 g/mol. The number of ketones is 1. The number of carbonyl (C=O) groups is 2. The molecule has 0 atom stereocenters. The molecular formula is C19H30O4. The lowest BCUT2D eigenvalue weighted by Gasteiger charge is -2.01. The quantitative estimate of drug-likeness (QED) is 0.288. The summed E-state index contributed by atoms with van der Waals surface area (Å²) in [6.07, 6.45) is 10.3.